The van der Waals surface area contributed by atoms with Gasteiger partial charge in [0.25, 0.3) is 0 Å². The van der Waals surface area contributed by atoms with Gasteiger partial charge in [-0.3, -0.25) is 4.79 Å². The topological polar surface area (TPSA) is 73.6 Å². The Bertz CT molecular complexity index is 690. The van der Waals surface area contributed by atoms with E-state index < -0.39 is 0 Å². The van der Waals surface area contributed by atoms with Crippen LogP contribution < -0.4 is 14.8 Å². The molecule has 24 heavy (non-hydrogen) atoms. The van der Waals surface area contributed by atoms with Crippen LogP contribution in [-0.4, -0.2) is 25.3 Å². The van der Waals surface area contributed by atoms with E-state index in [1.54, 1.807) is 14.2 Å². The Morgan fingerprint density at radius 1 is 1.29 bits per heavy atom. The summed E-state index contributed by atoms with van der Waals surface area (Å²) in [5, 5.41) is 6.91. The van der Waals surface area contributed by atoms with Crippen molar-refractivity contribution in [2.45, 2.75) is 39.7 Å². The second-order valence-electron chi connectivity index (χ2n) is 5.70. The molecule has 0 aliphatic heterocycles. The highest BCUT2D eigenvalue weighted by atomic mass is 16.5. The molecule has 1 heterocycles. The molecule has 0 saturated heterocycles. The first-order valence-electron chi connectivity index (χ1n) is 7.89. The maximum Gasteiger partial charge on any atom is 0.220 e. The lowest BCUT2D eigenvalue weighted by Crippen LogP contribution is -2.27. The van der Waals surface area contributed by atoms with Gasteiger partial charge in [-0.2, -0.15) is 0 Å². The van der Waals surface area contributed by atoms with Gasteiger partial charge >= 0.3 is 0 Å². The van der Waals surface area contributed by atoms with Crippen molar-refractivity contribution in [1.82, 2.24) is 10.5 Å². The standard InChI is InChI=1S/C18H24N2O4/c1-11(16-7-6-14(22-4)10-17(16)23-5)19-18(21)9-8-15-12(2)20-24-13(15)3/h6-7,10-11H,8-9H2,1-5H3,(H,19,21). The van der Waals surface area contributed by atoms with Crippen LogP contribution in [0.15, 0.2) is 22.7 Å². The third-order valence-electron chi connectivity index (χ3n) is 4.07. The lowest BCUT2D eigenvalue weighted by molar-refractivity contribution is -0.121. The van der Waals surface area contributed by atoms with Crippen LogP contribution in [0.1, 0.15) is 42.0 Å². The molecule has 0 fully saturated rings. The van der Waals surface area contributed by atoms with Gasteiger partial charge in [-0.05, 0) is 39.3 Å². The van der Waals surface area contributed by atoms with Crippen LogP contribution in [0.3, 0.4) is 0 Å². The fraction of sp³-hybridized carbons (Fsp3) is 0.444. The number of carbonyl (C=O) groups excluding carboxylic acids is 1. The summed E-state index contributed by atoms with van der Waals surface area (Å²) in [5.41, 5.74) is 2.74. The van der Waals surface area contributed by atoms with Gasteiger partial charge in [0.15, 0.2) is 0 Å². The molecule has 2 rings (SSSR count). The zero-order chi connectivity index (χ0) is 17.7. The number of ether oxygens (including phenoxy) is 2. The smallest absolute Gasteiger partial charge is 0.220 e. The van der Waals surface area contributed by atoms with E-state index in [1.807, 2.05) is 39.0 Å². The highest BCUT2D eigenvalue weighted by Crippen LogP contribution is 2.29. The number of rotatable bonds is 7. The second kappa shape index (κ2) is 7.86. The third kappa shape index (κ3) is 4.07. The van der Waals surface area contributed by atoms with E-state index >= 15 is 0 Å². The molecule has 1 amide bonds. The van der Waals surface area contributed by atoms with Crippen molar-refractivity contribution in [2.75, 3.05) is 14.2 Å². The molecule has 1 aromatic heterocycles. The van der Waals surface area contributed by atoms with Crippen molar-refractivity contribution in [3.8, 4) is 11.5 Å². The summed E-state index contributed by atoms with van der Waals surface area (Å²) >= 11 is 0. The van der Waals surface area contributed by atoms with Crippen LogP contribution in [0.25, 0.3) is 0 Å². The Morgan fingerprint density at radius 2 is 2.04 bits per heavy atom. The van der Waals surface area contributed by atoms with E-state index in [9.17, 15) is 4.79 Å². The second-order valence-corrected chi connectivity index (χ2v) is 5.70. The van der Waals surface area contributed by atoms with Gasteiger partial charge < -0.3 is 19.3 Å². The molecule has 0 radical (unpaired) electrons. The minimum absolute atomic E-state index is 0.0274. The molecule has 6 nitrogen and oxygen atoms in total. The van der Waals surface area contributed by atoms with Crippen LogP contribution >= 0.6 is 0 Å². The lowest BCUT2D eigenvalue weighted by atomic mass is 10.1. The SMILES string of the molecule is COc1ccc(C(C)NC(=O)CCc2c(C)noc2C)c(OC)c1. The fourth-order valence-corrected chi connectivity index (χ4v) is 2.66. The molecule has 2 aromatic rings. The van der Waals surface area contributed by atoms with E-state index in [2.05, 4.69) is 10.5 Å². The number of hydrogen-bond acceptors (Lipinski definition) is 5. The molecule has 1 unspecified atom stereocenters. The Balaban J connectivity index is 1.99. The fourth-order valence-electron chi connectivity index (χ4n) is 2.66. The first-order chi connectivity index (χ1) is 11.5. The van der Waals surface area contributed by atoms with Gasteiger partial charge in [0.05, 0.1) is 26.0 Å². The van der Waals surface area contributed by atoms with Gasteiger partial charge in [-0.1, -0.05) is 5.16 Å². The number of aromatic nitrogens is 1. The predicted molar refractivity (Wildman–Crippen MR) is 90.4 cm³/mol. The van der Waals surface area contributed by atoms with Crippen LogP contribution in [-0.2, 0) is 11.2 Å². The quantitative estimate of drug-likeness (QED) is 0.843. The van der Waals surface area contributed by atoms with Crippen LogP contribution in [0.4, 0.5) is 0 Å². The maximum absolute atomic E-state index is 12.2. The number of nitrogens with zero attached hydrogens (tertiary/aromatic N) is 1. The normalized spacial score (nSPS) is 11.9. The summed E-state index contributed by atoms with van der Waals surface area (Å²) in [4.78, 5) is 12.2. The molecular weight excluding hydrogens is 308 g/mol. The molecule has 0 bridgehead atoms. The average Bonchev–Trinajstić information content (AvgIpc) is 2.90. The van der Waals surface area contributed by atoms with Crippen molar-refractivity contribution in [3.05, 3.63) is 40.8 Å². The zero-order valence-corrected chi connectivity index (χ0v) is 14.8. The third-order valence-corrected chi connectivity index (χ3v) is 4.07. The molecule has 0 aliphatic carbocycles. The highest BCUT2D eigenvalue weighted by Gasteiger charge is 2.16. The van der Waals surface area contributed by atoms with Gasteiger partial charge in [-0.25, -0.2) is 0 Å². The summed E-state index contributed by atoms with van der Waals surface area (Å²) in [6, 6.07) is 5.39. The van der Waals surface area contributed by atoms with E-state index in [0.29, 0.717) is 24.3 Å². The summed E-state index contributed by atoms with van der Waals surface area (Å²) in [5.74, 6) is 2.14. The van der Waals surface area contributed by atoms with Gasteiger partial charge in [0.2, 0.25) is 5.91 Å². The van der Waals surface area contributed by atoms with E-state index in [1.165, 1.54) is 0 Å². The first-order valence-corrected chi connectivity index (χ1v) is 7.89. The molecule has 6 heteroatoms. The van der Waals surface area contributed by atoms with Crippen molar-refractivity contribution in [3.63, 3.8) is 0 Å². The summed E-state index contributed by atoms with van der Waals surface area (Å²) in [6.45, 7) is 5.67. The lowest BCUT2D eigenvalue weighted by Gasteiger charge is -2.18. The van der Waals surface area contributed by atoms with Crippen molar-refractivity contribution in [1.29, 1.82) is 0 Å². The molecular formula is C18H24N2O4. The number of hydrogen-bond donors (Lipinski definition) is 1. The Morgan fingerprint density at radius 3 is 2.62 bits per heavy atom. The average molecular weight is 332 g/mol. The van der Waals surface area contributed by atoms with E-state index in [-0.39, 0.29) is 11.9 Å². The van der Waals surface area contributed by atoms with Crippen molar-refractivity contribution >= 4 is 5.91 Å². The molecule has 1 atom stereocenters. The van der Waals surface area contributed by atoms with Gasteiger partial charge in [-0.15, -0.1) is 0 Å². The van der Waals surface area contributed by atoms with Crippen LogP contribution in [0.5, 0.6) is 11.5 Å². The molecule has 1 N–H and O–H groups in total. The Labute approximate surface area is 142 Å². The Kier molecular flexibility index (Phi) is 5.84. The largest absolute Gasteiger partial charge is 0.497 e. The first kappa shape index (κ1) is 17.8. The minimum Gasteiger partial charge on any atom is -0.497 e. The molecule has 130 valence electrons. The summed E-state index contributed by atoms with van der Waals surface area (Å²) in [7, 11) is 3.21. The number of aryl methyl sites for hydroxylation is 2. The molecule has 1 aromatic carbocycles. The molecule has 0 saturated carbocycles. The van der Waals surface area contributed by atoms with Crippen molar-refractivity contribution in [2.24, 2.45) is 0 Å². The Hall–Kier alpha value is -2.50. The number of amides is 1. The van der Waals surface area contributed by atoms with Crippen molar-refractivity contribution < 1.29 is 18.8 Å². The molecule has 0 aliphatic rings. The number of carbonyl (C=O) groups is 1. The number of benzene rings is 1. The maximum atomic E-state index is 12.2. The van der Waals surface area contributed by atoms with E-state index in [4.69, 9.17) is 14.0 Å². The molecule has 0 spiro atoms. The monoisotopic (exact) mass is 332 g/mol. The van der Waals surface area contributed by atoms with Gasteiger partial charge in [0.1, 0.15) is 17.3 Å². The summed E-state index contributed by atoms with van der Waals surface area (Å²) < 4.78 is 15.7. The number of nitrogens with one attached hydrogen (secondary N) is 1. The predicted octanol–water partition coefficient (Wildman–Crippen LogP) is 3.12. The van der Waals surface area contributed by atoms with E-state index in [0.717, 1.165) is 22.6 Å². The number of methoxy groups -OCH3 is 2. The zero-order valence-electron chi connectivity index (χ0n) is 14.8. The van der Waals surface area contributed by atoms with Crippen LogP contribution in [0, 0.1) is 13.8 Å². The van der Waals surface area contributed by atoms with Crippen LogP contribution in [0.2, 0.25) is 0 Å². The highest BCUT2D eigenvalue weighted by molar-refractivity contribution is 5.76. The van der Waals surface area contributed by atoms with Gasteiger partial charge in [0, 0.05) is 23.6 Å². The summed E-state index contributed by atoms with van der Waals surface area (Å²) in [6.07, 6.45) is 0.991. The minimum atomic E-state index is -0.164.